The lowest BCUT2D eigenvalue weighted by molar-refractivity contribution is -0.144. The van der Waals surface area contributed by atoms with Gasteiger partial charge in [-0.1, -0.05) is 53.9 Å². The van der Waals surface area contributed by atoms with Crippen molar-refractivity contribution < 1.29 is 9.53 Å². The molecular weight excluding hydrogens is 214 g/mol. The van der Waals surface area contributed by atoms with Gasteiger partial charge >= 0.3 is 5.97 Å². The quantitative estimate of drug-likeness (QED) is 0.699. The number of methoxy groups -OCH3 is 1. The Hall–Kier alpha value is -0.570. The van der Waals surface area contributed by atoms with Crippen LogP contribution in [-0.2, 0) is 9.53 Å². The molecule has 104 valence electrons. The zero-order chi connectivity index (χ0) is 13.7. The summed E-state index contributed by atoms with van der Waals surface area (Å²) in [4.78, 5) is 11.5. The zero-order valence-electron chi connectivity index (χ0n) is 12.5. The maximum atomic E-state index is 11.5. The maximum absolute atomic E-state index is 11.5. The Morgan fingerprint density at radius 3 is 2.00 bits per heavy atom. The summed E-state index contributed by atoms with van der Waals surface area (Å²) in [6.45, 7) is 11.3. The van der Waals surface area contributed by atoms with Gasteiger partial charge in [-0.15, -0.1) is 0 Å². The molecule has 0 aliphatic rings. The molecule has 0 amide bonds. The van der Waals surface area contributed by atoms with Gasteiger partial charge in [-0.2, -0.15) is 0 Å². The number of carbonyl (C=O) groups is 1. The van der Waals surface area contributed by atoms with E-state index in [9.17, 15) is 4.79 Å². The minimum Gasteiger partial charge on any atom is -0.468 e. The van der Waals surface area contributed by atoms with E-state index in [4.69, 9.17) is 4.74 Å². The normalized spacial score (nSPS) is 13.3. The number of hydrogen-bond donors (Lipinski definition) is 1. The van der Waals surface area contributed by atoms with E-state index in [2.05, 4.69) is 33.0 Å². The van der Waals surface area contributed by atoms with E-state index >= 15 is 0 Å². The van der Waals surface area contributed by atoms with Gasteiger partial charge in [0.2, 0.25) is 0 Å². The van der Waals surface area contributed by atoms with E-state index in [0.717, 1.165) is 25.8 Å². The summed E-state index contributed by atoms with van der Waals surface area (Å²) >= 11 is 0. The molecule has 0 spiro atoms. The summed E-state index contributed by atoms with van der Waals surface area (Å²) in [6.07, 6.45) is 4.45. The van der Waals surface area contributed by atoms with Crippen LogP contribution in [0.25, 0.3) is 0 Å². The van der Waals surface area contributed by atoms with Crippen LogP contribution in [0, 0.1) is 5.92 Å². The largest absolute Gasteiger partial charge is 0.468 e. The number of carbonyl (C=O) groups excluding carboxylic acids is 1. The molecule has 0 saturated carbocycles. The molecule has 2 atom stereocenters. The first kappa shape index (κ1) is 18.8. The SMILES string of the molecule is CCC.CCCC(CC)C(NCC)C(=O)OC. The Balaban J connectivity index is 0. The van der Waals surface area contributed by atoms with Crippen molar-refractivity contribution in [2.24, 2.45) is 5.92 Å². The van der Waals surface area contributed by atoms with Crippen molar-refractivity contribution in [3.8, 4) is 0 Å². The van der Waals surface area contributed by atoms with Crippen LogP contribution in [-0.4, -0.2) is 25.7 Å². The molecule has 0 aromatic carbocycles. The number of rotatable bonds is 7. The van der Waals surface area contributed by atoms with Crippen molar-refractivity contribution >= 4 is 5.97 Å². The minimum atomic E-state index is -0.132. The lowest BCUT2D eigenvalue weighted by atomic mass is 9.92. The Morgan fingerprint density at radius 1 is 1.18 bits per heavy atom. The number of hydrogen-bond acceptors (Lipinski definition) is 3. The molecule has 0 aliphatic heterocycles. The molecule has 0 heterocycles. The van der Waals surface area contributed by atoms with Crippen molar-refractivity contribution in [2.75, 3.05) is 13.7 Å². The fourth-order valence-electron chi connectivity index (χ4n) is 1.77. The Labute approximate surface area is 107 Å². The second-order valence-electron chi connectivity index (χ2n) is 4.22. The highest BCUT2D eigenvalue weighted by Gasteiger charge is 2.26. The van der Waals surface area contributed by atoms with Gasteiger partial charge in [0, 0.05) is 0 Å². The lowest BCUT2D eigenvalue weighted by Gasteiger charge is -2.24. The zero-order valence-corrected chi connectivity index (χ0v) is 12.5. The van der Waals surface area contributed by atoms with Gasteiger partial charge in [-0.3, -0.25) is 4.79 Å². The Bertz CT molecular complexity index is 172. The first-order valence-electron chi connectivity index (χ1n) is 6.93. The maximum Gasteiger partial charge on any atom is 0.323 e. The Morgan fingerprint density at radius 2 is 1.71 bits per heavy atom. The average molecular weight is 245 g/mol. The van der Waals surface area contributed by atoms with Crippen LogP contribution < -0.4 is 5.32 Å². The first-order valence-corrected chi connectivity index (χ1v) is 6.93. The third kappa shape index (κ3) is 9.16. The molecule has 0 radical (unpaired) electrons. The molecule has 0 saturated heterocycles. The van der Waals surface area contributed by atoms with Crippen molar-refractivity contribution in [3.63, 3.8) is 0 Å². The summed E-state index contributed by atoms with van der Waals surface area (Å²) in [5.74, 6) is 0.263. The number of nitrogens with one attached hydrogen (secondary N) is 1. The highest BCUT2D eigenvalue weighted by atomic mass is 16.5. The number of ether oxygens (including phenoxy) is 1. The van der Waals surface area contributed by atoms with Gasteiger partial charge in [0.25, 0.3) is 0 Å². The number of esters is 1. The van der Waals surface area contributed by atoms with E-state index < -0.39 is 0 Å². The van der Waals surface area contributed by atoms with Crippen LogP contribution in [0.1, 0.15) is 60.3 Å². The predicted octanol–water partition coefficient (Wildman–Crippen LogP) is 3.38. The van der Waals surface area contributed by atoms with Crippen LogP contribution >= 0.6 is 0 Å². The molecule has 0 bridgehead atoms. The topological polar surface area (TPSA) is 38.3 Å². The van der Waals surface area contributed by atoms with Gasteiger partial charge in [-0.05, 0) is 18.9 Å². The molecule has 3 nitrogen and oxygen atoms in total. The summed E-state index contributed by atoms with van der Waals surface area (Å²) in [5.41, 5.74) is 0. The summed E-state index contributed by atoms with van der Waals surface area (Å²) < 4.78 is 4.79. The van der Waals surface area contributed by atoms with Gasteiger partial charge in [0.1, 0.15) is 6.04 Å². The molecule has 3 heteroatoms. The fourth-order valence-corrected chi connectivity index (χ4v) is 1.77. The molecular formula is C14H31NO2. The molecule has 0 fully saturated rings. The molecule has 0 aromatic heterocycles. The fraction of sp³-hybridized carbons (Fsp3) is 0.929. The Kier molecular flexibility index (Phi) is 14.9. The van der Waals surface area contributed by atoms with Gasteiger partial charge in [-0.25, -0.2) is 0 Å². The van der Waals surface area contributed by atoms with E-state index in [1.54, 1.807) is 0 Å². The predicted molar refractivity (Wildman–Crippen MR) is 74.1 cm³/mol. The monoisotopic (exact) mass is 245 g/mol. The highest BCUT2D eigenvalue weighted by Crippen LogP contribution is 2.16. The van der Waals surface area contributed by atoms with Crippen molar-refractivity contribution in [3.05, 3.63) is 0 Å². The molecule has 0 aliphatic carbocycles. The third-order valence-corrected chi connectivity index (χ3v) is 2.53. The van der Waals surface area contributed by atoms with Crippen LogP contribution in [0.2, 0.25) is 0 Å². The van der Waals surface area contributed by atoms with Crippen molar-refractivity contribution in [1.29, 1.82) is 0 Å². The third-order valence-electron chi connectivity index (χ3n) is 2.53. The minimum absolute atomic E-state index is 0.130. The van der Waals surface area contributed by atoms with E-state index in [-0.39, 0.29) is 12.0 Å². The molecule has 0 rings (SSSR count). The second kappa shape index (κ2) is 13.5. The highest BCUT2D eigenvalue weighted by molar-refractivity contribution is 5.76. The summed E-state index contributed by atoms with van der Waals surface area (Å²) in [7, 11) is 1.45. The molecule has 2 unspecified atom stereocenters. The van der Waals surface area contributed by atoms with Gasteiger partial charge < -0.3 is 10.1 Å². The standard InChI is InChI=1S/C11H23NO2.C3H8/c1-5-8-9(6-2)10(12-7-3)11(13)14-4;1-3-2/h9-10,12H,5-8H2,1-4H3;3H2,1-2H3. The molecule has 0 aromatic rings. The summed E-state index contributed by atoms with van der Waals surface area (Å²) in [6, 6.07) is -0.130. The van der Waals surface area contributed by atoms with Crippen LogP contribution in [0.5, 0.6) is 0 Å². The number of likely N-dealkylation sites (N-methyl/N-ethyl adjacent to an activating group) is 1. The molecule has 1 N–H and O–H groups in total. The smallest absolute Gasteiger partial charge is 0.323 e. The van der Waals surface area contributed by atoms with Gasteiger partial charge in [0.05, 0.1) is 7.11 Å². The van der Waals surface area contributed by atoms with Crippen LogP contribution in [0.3, 0.4) is 0 Å². The van der Waals surface area contributed by atoms with Gasteiger partial charge in [0.15, 0.2) is 0 Å². The van der Waals surface area contributed by atoms with E-state index in [0.29, 0.717) is 5.92 Å². The van der Waals surface area contributed by atoms with E-state index in [1.807, 2.05) is 6.92 Å². The van der Waals surface area contributed by atoms with Crippen molar-refractivity contribution in [1.82, 2.24) is 5.32 Å². The first-order chi connectivity index (χ1) is 8.12. The average Bonchev–Trinajstić information content (AvgIpc) is 2.33. The van der Waals surface area contributed by atoms with Crippen molar-refractivity contribution in [2.45, 2.75) is 66.3 Å². The molecule has 17 heavy (non-hydrogen) atoms. The lowest BCUT2D eigenvalue weighted by Crippen LogP contribution is -2.43. The second-order valence-corrected chi connectivity index (χ2v) is 4.22. The van der Waals surface area contributed by atoms with Crippen LogP contribution in [0.15, 0.2) is 0 Å². The van der Waals surface area contributed by atoms with E-state index in [1.165, 1.54) is 13.5 Å². The summed E-state index contributed by atoms with van der Waals surface area (Å²) in [5, 5.41) is 3.19. The van der Waals surface area contributed by atoms with Crippen LogP contribution in [0.4, 0.5) is 0 Å².